The molecule has 0 bridgehead atoms. The number of nitrogens with zero attached hydrogens (tertiary/aromatic N) is 2. The normalized spacial score (nSPS) is 14.3. The zero-order valence-electron chi connectivity index (χ0n) is 17.4. The number of quaternary nitrogens is 1. The van der Waals surface area contributed by atoms with Crippen molar-refractivity contribution >= 4 is 5.91 Å². The second-order valence-corrected chi connectivity index (χ2v) is 7.72. The zero-order valence-corrected chi connectivity index (χ0v) is 17.4. The molecule has 4 rings (SSSR count). The summed E-state index contributed by atoms with van der Waals surface area (Å²) in [6.45, 7) is 3.21. The molecule has 31 heavy (non-hydrogen) atoms. The number of hydrogen-bond acceptors (Lipinski definition) is 3. The standard InChI is InChI=1S/C26H25N3O2/c27-19-21-11-13-24(14-12-21)31-20-25(30)28-15-17-29(18-16-28)26(22-7-3-1-4-8-22)23-9-5-2-6-10-23/h1-14,26H,15-18,20H2/p+1. The molecule has 0 spiro atoms. The summed E-state index contributed by atoms with van der Waals surface area (Å²) in [5.41, 5.74) is 3.17. The molecule has 1 fully saturated rings. The number of ether oxygens (including phenoxy) is 1. The monoisotopic (exact) mass is 412 g/mol. The maximum atomic E-state index is 12.7. The predicted molar refractivity (Wildman–Crippen MR) is 119 cm³/mol. The van der Waals surface area contributed by atoms with E-state index in [1.165, 1.54) is 16.0 Å². The van der Waals surface area contributed by atoms with E-state index in [1.807, 2.05) is 17.0 Å². The van der Waals surface area contributed by atoms with E-state index in [4.69, 9.17) is 10.00 Å². The Balaban J connectivity index is 1.37. The minimum atomic E-state index is -0.000572. The van der Waals surface area contributed by atoms with E-state index < -0.39 is 0 Å². The van der Waals surface area contributed by atoms with Gasteiger partial charge < -0.3 is 14.5 Å². The number of hydrogen-bond donors (Lipinski definition) is 1. The predicted octanol–water partition coefficient (Wildman–Crippen LogP) is 2.45. The van der Waals surface area contributed by atoms with Gasteiger partial charge in [0.2, 0.25) is 0 Å². The third kappa shape index (κ3) is 5.11. The third-order valence-electron chi connectivity index (χ3n) is 5.78. The summed E-state index contributed by atoms with van der Waals surface area (Å²) in [5.74, 6) is 0.601. The second-order valence-electron chi connectivity index (χ2n) is 7.72. The molecule has 3 aromatic rings. The first kappa shape index (κ1) is 20.6. The number of carbonyl (C=O) groups excluding carboxylic acids is 1. The molecule has 5 nitrogen and oxygen atoms in total. The minimum Gasteiger partial charge on any atom is -0.484 e. The molecule has 3 aromatic carbocycles. The number of nitrogens with one attached hydrogen (secondary N) is 1. The van der Waals surface area contributed by atoms with E-state index in [0.29, 0.717) is 24.4 Å². The van der Waals surface area contributed by atoms with Gasteiger partial charge in [0.25, 0.3) is 5.91 Å². The zero-order chi connectivity index (χ0) is 21.5. The van der Waals surface area contributed by atoms with Crippen molar-refractivity contribution in [2.45, 2.75) is 6.04 Å². The van der Waals surface area contributed by atoms with Gasteiger partial charge in [-0.2, -0.15) is 5.26 Å². The van der Waals surface area contributed by atoms with E-state index in [2.05, 4.69) is 54.6 Å². The van der Waals surface area contributed by atoms with Crippen LogP contribution in [0.3, 0.4) is 0 Å². The maximum absolute atomic E-state index is 12.7. The lowest BCUT2D eigenvalue weighted by Gasteiger charge is -2.37. The van der Waals surface area contributed by atoms with Gasteiger partial charge >= 0.3 is 0 Å². The van der Waals surface area contributed by atoms with Gasteiger partial charge in [-0.3, -0.25) is 4.79 Å². The first-order valence-corrected chi connectivity index (χ1v) is 10.6. The molecule has 156 valence electrons. The Kier molecular flexibility index (Phi) is 6.61. The molecule has 0 unspecified atom stereocenters. The number of benzene rings is 3. The van der Waals surface area contributed by atoms with Gasteiger partial charge in [-0.1, -0.05) is 60.7 Å². The van der Waals surface area contributed by atoms with E-state index in [0.717, 1.165) is 13.1 Å². The average molecular weight is 413 g/mol. The smallest absolute Gasteiger partial charge is 0.260 e. The summed E-state index contributed by atoms with van der Waals surface area (Å²) in [5, 5.41) is 8.87. The first-order chi connectivity index (χ1) is 15.2. The quantitative estimate of drug-likeness (QED) is 0.677. The molecule has 1 N–H and O–H groups in total. The molecule has 1 aliphatic rings. The minimum absolute atomic E-state index is 0.000572. The van der Waals surface area contributed by atoms with Crippen molar-refractivity contribution in [3.8, 4) is 11.8 Å². The number of carbonyl (C=O) groups is 1. The topological polar surface area (TPSA) is 57.8 Å². The van der Waals surface area contributed by atoms with Gasteiger partial charge in [-0.25, -0.2) is 0 Å². The highest BCUT2D eigenvalue weighted by Crippen LogP contribution is 2.19. The van der Waals surface area contributed by atoms with Crippen LogP contribution in [0.2, 0.25) is 0 Å². The molecule has 5 heteroatoms. The van der Waals surface area contributed by atoms with Crippen LogP contribution in [0, 0.1) is 11.3 Å². The van der Waals surface area contributed by atoms with Gasteiger partial charge in [-0.05, 0) is 24.3 Å². The van der Waals surface area contributed by atoms with Crippen molar-refractivity contribution in [3.05, 3.63) is 102 Å². The molecule has 0 radical (unpaired) electrons. The van der Waals surface area contributed by atoms with Crippen LogP contribution in [0.25, 0.3) is 0 Å². The molecule has 1 heterocycles. The maximum Gasteiger partial charge on any atom is 0.260 e. The highest BCUT2D eigenvalue weighted by molar-refractivity contribution is 5.77. The van der Waals surface area contributed by atoms with Crippen LogP contribution in [0.15, 0.2) is 84.9 Å². The van der Waals surface area contributed by atoms with Crippen molar-refractivity contribution in [1.29, 1.82) is 5.26 Å². The number of nitriles is 1. The molecule has 0 aliphatic carbocycles. The third-order valence-corrected chi connectivity index (χ3v) is 5.78. The Hall–Kier alpha value is -3.62. The van der Waals surface area contributed by atoms with Gasteiger partial charge in [0, 0.05) is 11.1 Å². The van der Waals surface area contributed by atoms with Crippen LogP contribution in [-0.4, -0.2) is 43.6 Å². The lowest BCUT2D eigenvalue weighted by atomic mass is 9.96. The highest BCUT2D eigenvalue weighted by atomic mass is 16.5. The van der Waals surface area contributed by atoms with Crippen LogP contribution >= 0.6 is 0 Å². The number of piperazine rings is 1. The van der Waals surface area contributed by atoms with Crippen LogP contribution < -0.4 is 9.64 Å². The summed E-state index contributed by atoms with van der Waals surface area (Å²) in [6, 6.07) is 30.4. The van der Waals surface area contributed by atoms with Crippen molar-refractivity contribution in [2.75, 3.05) is 32.8 Å². The summed E-state index contributed by atoms with van der Waals surface area (Å²) < 4.78 is 5.63. The van der Waals surface area contributed by atoms with E-state index >= 15 is 0 Å². The van der Waals surface area contributed by atoms with Gasteiger partial charge in [-0.15, -0.1) is 0 Å². The van der Waals surface area contributed by atoms with Crippen molar-refractivity contribution in [1.82, 2.24) is 4.90 Å². The molecule has 0 atom stereocenters. The molecular weight excluding hydrogens is 386 g/mol. The molecule has 0 saturated carbocycles. The fraction of sp³-hybridized carbons (Fsp3) is 0.231. The van der Waals surface area contributed by atoms with Crippen molar-refractivity contribution in [3.63, 3.8) is 0 Å². The summed E-state index contributed by atoms with van der Waals surface area (Å²) in [4.78, 5) is 16.0. The van der Waals surface area contributed by atoms with Crippen LogP contribution in [0.1, 0.15) is 22.7 Å². The second kappa shape index (κ2) is 9.92. The molecule has 1 amide bonds. The Morgan fingerprint density at radius 2 is 1.45 bits per heavy atom. The Morgan fingerprint density at radius 1 is 0.903 bits per heavy atom. The highest BCUT2D eigenvalue weighted by Gasteiger charge is 2.31. The Morgan fingerprint density at radius 3 is 1.97 bits per heavy atom. The number of amides is 1. The molecule has 1 aliphatic heterocycles. The lowest BCUT2D eigenvalue weighted by molar-refractivity contribution is -0.929. The van der Waals surface area contributed by atoms with Crippen molar-refractivity contribution in [2.24, 2.45) is 0 Å². The summed E-state index contributed by atoms with van der Waals surface area (Å²) in [6.07, 6.45) is 0. The largest absolute Gasteiger partial charge is 0.484 e. The van der Waals surface area contributed by atoms with Crippen LogP contribution in [0.4, 0.5) is 0 Å². The SMILES string of the molecule is N#Cc1ccc(OCC(=O)N2CC[NH+](C(c3ccccc3)c3ccccc3)CC2)cc1. The average Bonchev–Trinajstić information content (AvgIpc) is 2.85. The number of rotatable bonds is 6. The fourth-order valence-electron chi connectivity index (χ4n) is 4.15. The van der Waals surface area contributed by atoms with Gasteiger partial charge in [0.05, 0.1) is 37.8 Å². The Labute approximate surface area is 183 Å². The summed E-state index contributed by atoms with van der Waals surface area (Å²) in [7, 11) is 0. The molecule has 0 aromatic heterocycles. The van der Waals surface area contributed by atoms with E-state index in [-0.39, 0.29) is 18.6 Å². The first-order valence-electron chi connectivity index (χ1n) is 10.6. The Bertz CT molecular complexity index is 982. The van der Waals surface area contributed by atoms with Gasteiger partial charge in [0.1, 0.15) is 11.8 Å². The van der Waals surface area contributed by atoms with Crippen molar-refractivity contribution < 1.29 is 14.4 Å². The van der Waals surface area contributed by atoms with E-state index in [1.54, 1.807) is 24.3 Å². The van der Waals surface area contributed by atoms with Crippen LogP contribution in [0.5, 0.6) is 5.75 Å². The molecular formula is C26H26N3O2+. The summed E-state index contributed by atoms with van der Waals surface area (Å²) >= 11 is 0. The van der Waals surface area contributed by atoms with Gasteiger partial charge in [0.15, 0.2) is 6.61 Å². The fourth-order valence-corrected chi connectivity index (χ4v) is 4.15. The lowest BCUT2D eigenvalue weighted by Crippen LogP contribution is -3.15. The molecule has 1 saturated heterocycles. The van der Waals surface area contributed by atoms with Crippen LogP contribution in [-0.2, 0) is 4.79 Å². The van der Waals surface area contributed by atoms with E-state index in [9.17, 15) is 4.79 Å².